The quantitative estimate of drug-likeness (QED) is 0.622. The fourth-order valence-electron chi connectivity index (χ4n) is 3.96. The number of ketones is 1. The Hall–Kier alpha value is -3.54. The number of amides is 1. The first-order valence-corrected chi connectivity index (χ1v) is 10.6. The first-order valence-electron chi connectivity index (χ1n) is 10.6. The molecule has 1 amide bonds. The highest BCUT2D eigenvalue weighted by Crippen LogP contribution is 2.25. The smallest absolute Gasteiger partial charge is 0.229 e. The molecule has 0 radical (unpaired) electrons. The summed E-state index contributed by atoms with van der Waals surface area (Å²) in [6.45, 7) is 5.02. The topological polar surface area (TPSA) is 75.2 Å². The maximum absolute atomic E-state index is 12.8. The predicted octanol–water partition coefficient (Wildman–Crippen LogP) is 4.51. The van der Waals surface area contributed by atoms with Crippen LogP contribution in [-0.2, 0) is 4.79 Å². The average Bonchev–Trinajstić information content (AvgIpc) is 2.80. The third-order valence-electron chi connectivity index (χ3n) is 5.72. The van der Waals surface area contributed by atoms with Crippen LogP contribution in [0.1, 0.15) is 35.7 Å². The van der Waals surface area contributed by atoms with Crippen LogP contribution in [0.25, 0.3) is 11.3 Å². The molecule has 1 fully saturated rings. The van der Waals surface area contributed by atoms with Gasteiger partial charge in [0.1, 0.15) is 0 Å². The van der Waals surface area contributed by atoms with E-state index in [1.807, 2.05) is 30.3 Å². The van der Waals surface area contributed by atoms with Gasteiger partial charge in [0.15, 0.2) is 11.6 Å². The number of benzene rings is 2. The fraction of sp³-hybridized carbons (Fsp3) is 0.280. The lowest BCUT2D eigenvalue weighted by Gasteiger charge is -2.32. The Balaban J connectivity index is 1.43. The van der Waals surface area contributed by atoms with Crippen molar-refractivity contribution in [2.45, 2.75) is 26.7 Å². The minimum absolute atomic E-state index is 0.0207. The van der Waals surface area contributed by atoms with E-state index >= 15 is 0 Å². The highest BCUT2D eigenvalue weighted by atomic mass is 16.2. The van der Waals surface area contributed by atoms with Crippen molar-refractivity contribution in [3.8, 4) is 11.3 Å². The average molecular weight is 415 g/mol. The number of nitrogens with one attached hydrogen (secondary N) is 1. The number of hydrogen-bond donors (Lipinski definition) is 1. The molecule has 1 saturated heterocycles. The van der Waals surface area contributed by atoms with E-state index < -0.39 is 0 Å². The molecule has 0 saturated carbocycles. The molecule has 3 aromatic rings. The van der Waals surface area contributed by atoms with Crippen molar-refractivity contribution in [1.29, 1.82) is 0 Å². The standard InChI is InChI=1S/C25H26N4O2/c1-17-7-3-4-11-22(17)23-12-13-24(28-27-23)29-14-6-9-20(16-29)25(31)26-21-10-5-8-19(15-21)18(2)30/h3-5,7-8,10-13,15,20H,6,9,14,16H2,1-2H3,(H,26,31). The van der Waals surface area contributed by atoms with Gasteiger partial charge in [-0.3, -0.25) is 9.59 Å². The molecule has 1 aromatic heterocycles. The van der Waals surface area contributed by atoms with Crippen LogP contribution in [0.3, 0.4) is 0 Å². The second kappa shape index (κ2) is 9.08. The molecule has 6 nitrogen and oxygen atoms in total. The summed E-state index contributed by atoms with van der Waals surface area (Å²) >= 11 is 0. The SMILES string of the molecule is CC(=O)c1cccc(NC(=O)C2CCCN(c3ccc(-c4ccccc4C)nn3)C2)c1. The number of aromatic nitrogens is 2. The Morgan fingerprint density at radius 2 is 1.87 bits per heavy atom. The molecule has 1 aliphatic rings. The zero-order chi connectivity index (χ0) is 21.8. The zero-order valence-corrected chi connectivity index (χ0v) is 17.8. The van der Waals surface area contributed by atoms with Crippen molar-refractivity contribution in [2.75, 3.05) is 23.3 Å². The number of aryl methyl sites for hydroxylation is 1. The van der Waals surface area contributed by atoms with E-state index in [0.29, 0.717) is 17.8 Å². The second-order valence-corrected chi connectivity index (χ2v) is 8.00. The summed E-state index contributed by atoms with van der Waals surface area (Å²) in [7, 11) is 0. The molecule has 2 aromatic carbocycles. The molecule has 31 heavy (non-hydrogen) atoms. The molecule has 4 rings (SSSR count). The second-order valence-electron chi connectivity index (χ2n) is 8.00. The highest BCUT2D eigenvalue weighted by molar-refractivity contribution is 5.97. The van der Waals surface area contributed by atoms with Crippen molar-refractivity contribution >= 4 is 23.2 Å². The van der Waals surface area contributed by atoms with Crippen molar-refractivity contribution in [3.63, 3.8) is 0 Å². The van der Waals surface area contributed by atoms with Gasteiger partial charge in [-0.2, -0.15) is 0 Å². The summed E-state index contributed by atoms with van der Waals surface area (Å²) in [5.74, 6) is 0.587. The van der Waals surface area contributed by atoms with E-state index in [2.05, 4.69) is 33.4 Å². The van der Waals surface area contributed by atoms with Crippen molar-refractivity contribution < 1.29 is 9.59 Å². The lowest BCUT2D eigenvalue weighted by molar-refractivity contribution is -0.120. The Labute approximate surface area is 182 Å². The molecule has 6 heteroatoms. The highest BCUT2D eigenvalue weighted by Gasteiger charge is 2.27. The largest absolute Gasteiger partial charge is 0.354 e. The number of hydrogen-bond acceptors (Lipinski definition) is 5. The molecular formula is C25H26N4O2. The Kier molecular flexibility index (Phi) is 6.07. The third kappa shape index (κ3) is 4.79. The molecule has 0 bridgehead atoms. The summed E-state index contributed by atoms with van der Waals surface area (Å²) in [4.78, 5) is 26.5. The molecule has 158 valence electrons. The van der Waals surface area contributed by atoms with E-state index in [9.17, 15) is 9.59 Å². The van der Waals surface area contributed by atoms with E-state index in [1.54, 1.807) is 24.3 Å². The van der Waals surface area contributed by atoms with Crippen LogP contribution in [0.5, 0.6) is 0 Å². The van der Waals surface area contributed by atoms with Crippen LogP contribution in [0.15, 0.2) is 60.7 Å². The van der Waals surface area contributed by atoms with Crippen molar-refractivity contribution in [2.24, 2.45) is 5.92 Å². The summed E-state index contributed by atoms with van der Waals surface area (Å²) in [5, 5.41) is 11.8. The van der Waals surface area contributed by atoms with Crippen LogP contribution < -0.4 is 10.2 Å². The van der Waals surface area contributed by atoms with Gasteiger partial charge in [0.05, 0.1) is 11.6 Å². The maximum atomic E-state index is 12.8. The molecule has 2 heterocycles. The van der Waals surface area contributed by atoms with Crippen LogP contribution in [-0.4, -0.2) is 35.0 Å². The zero-order valence-electron chi connectivity index (χ0n) is 17.8. The Morgan fingerprint density at radius 1 is 1.03 bits per heavy atom. The summed E-state index contributed by atoms with van der Waals surface area (Å²) < 4.78 is 0. The van der Waals surface area contributed by atoms with Crippen molar-refractivity contribution in [1.82, 2.24) is 10.2 Å². The molecule has 0 spiro atoms. The lowest BCUT2D eigenvalue weighted by Crippen LogP contribution is -2.41. The van der Waals surface area contributed by atoms with Gasteiger partial charge < -0.3 is 10.2 Å². The third-order valence-corrected chi connectivity index (χ3v) is 5.72. The van der Waals surface area contributed by atoms with Gasteiger partial charge in [0.25, 0.3) is 0 Å². The van der Waals surface area contributed by atoms with Gasteiger partial charge in [-0.05, 0) is 56.5 Å². The minimum atomic E-state index is -0.146. The first kappa shape index (κ1) is 20.7. The number of Topliss-reactive ketones (excluding diaryl/α,β-unsaturated/α-hetero) is 1. The fourth-order valence-corrected chi connectivity index (χ4v) is 3.96. The molecular weight excluding hydrogens is 388 g/mol. The number of nitrogens with zero attached hydrogens (tertiary/aromatic N) is 3. The molecule has 1 N–H and O–H groups in total. The Bertz CT molecular complexity index is 1090. The Morgan fingerprint density at radius 3 is 2.61 bits per heavy atom. The summed E-state index contributed by atoms with van der Waals surface area (Å²) in [5.41, 5.74) is 4.32. The monoisotopic (exact) mass is 414 g/mol. The van der Waals surface area contributed by atoms with E-state index in [1.165, 1.54) is 6.92 Å². The van der Waals surface area contributed by atoms with E-state index in [-0.39, 0.29) is 17.6 Å². The summed E-state index contributed by atoms with van der Waals surface area (Å²) in [6.07, 6.45) is 1.73. The number of anilines is 2. The lowest BCUT2D eigenvalue weighted by atomic mass is 9.97. The van der Waals surface area contributed by atoms with Gasteiger partial charge >= 0.3 is 0 Å². The van der Waals surface area contributed by atoms with E-state index in [4.69, 9.17) is 0 Å². The van der Waals surface area contributed by atoms with Gasteiger partial charge in [-0.25, -0.2) is 0 Å². The molecule has 0 aliphatic carbocycles. The minimum Gasteiger partial charge on any atom is -0.354 e. The van der Waals surface area contributed by atoms with E-state index in [0.717, 1.165) is 42.0 Å². The van der Waals surface area contributed by atoms with Crippen molar-refractivity contribution in [3.05, 3.63) is 71.8 Å². The molecule has 1 aliphatic heterocycles. The predicted molar refractivity (Wildman–Crippen MR) is 122 cm³/mol. The summed E-state index contributed by atoms with van der Waals surface area (Å²) in [6, 6.07) is 19.1. The number of carbonyl (C=O) groups is 2. The first-order chi connectivity index (χ1) is 15.0. The normalized spacial score (nSPS) is 16.1. The van der Waals surface area contributed by atoms with Crippen LogP contribution in [0, 0.1) is 12.8 Å². The molecule has 1 unspecified atom stereocenters. The number of piperidine rings is 1. The molecule has 1 atom stereocenters. The number of rotatable bonds is 5. The van der Waals surface area contributed by atoms with Gasteiger partial charge in [0, 0.05) is 29.9 Å². The van der Waals surface area contributed by atoms with Crippen LogP contribution in [0.4, 0.5) is 11.5 Å². The van der Waals surface area contributed by atoms with Gasteiger partial charge in [-0.1, -0.05) is 36.4 Å². The van der Waals surface area contributed by atoms with Crippen LogP contribution in [0.2, 0.25) is 0 Å². The number of carbonyl (C=O) groups excluding carboxylic acids is 2. The van der Waals surface area contributed by atoms with Crippen LogP contribution >= 0.6 is 0 Å². The maximum Gasteiger partial charge on any atom is 0.229 e. The van der Waals surface area contributed by atoms with Gasteiger partial charge in [-0.15, -0.1) is 10.2 Å². The van der Waals surface area contributed by atoms with Gasteiger partial charge in [0.2, 0.25) is 5.91 Å².